The molecule has 0 radical (unpaired) electrons. The molecule has 0 amide bonds. The minimum absolute atomic E-state index is 0.219. The Morgan fingerprint density at radius 2 is 2.26 bits per heavy atom. The molecule has 0 aromatic carbocycles. The molecule has 8 nitrogen and oxygen atoms in total. The number of alkyl halides is 1. The van der Waals surface area contributed by atoms with Crippen molar-refractivity contribution in [2.24, 2.45) is 0 Å². The van der Waals surface area contributed by atoms with Crippen molar-refractivity contribution in [3.8, 4) is 0 Å². The minimum atomic E-state index is -1.76. The molecular weight excluding hydrogens is 261 g/mol. The summed E-state index contributed by atoms with van der Waals surface area (Å²) in [5, 5.41) is 17.9. The van der Waals surface area contributed by atoms with E-state index in [1.807, 2.05) is 4.98 Å². The van der Waals surface area contributed by atoms with Crippen molar-refractivity contribution in [1.29, 1.82) is 0 Å². The summed E-state index contributed by atoms with van der Waals surface area (Å²) < 4.78 is 20.1. The topological polar surface area (TPSA) is 117 Å². The summed E-state index contributed by atoms with van der Waals surface area (Å²) >= 11 is 0. The van der Waals surface area contributed by atoms with Gasteiger partial charge in [0.25, 0.3) is 5.56 Å². The van der Waals surface area contributed by atoms with Crippen LogP contribution < -0.4 is 16.7 Å². The maximum Gasteiger partial charge on any atom is 0.330 e. The smallest absolute Gasteiger partial charge is 0.330 e. The third-order valence-electron chi connectivity index (χ3n) is 3.08. The average Bonchev–Trinajstić information content (AvgIpc) is 2.70. The van der Waals surface area contributed by atoms with Gasteiger partial charge in [0.1, 0.15) is 6.10 Å². The van der Waals surface area contributed by atoms with E-state index in [1.54, 1.807) is 5.48 Å². The fraction of sp³-hybridized carbons (Fsp3) is 0.600. The zero-order valence-corrected chi connectivity index (χ0v) is 10.0. The fourth-order valence-electron chi connectivity index (χ4n) is 2.03. The summed E-state index contributed by atoms with van der Waals surface area (Å²) in [6, 6.07) is -1.16. The molecule has 1 saturated heterocycles. The number of hydrogen-bond acceptors (Lipinski definition) is 6. The molecule has 106 valence electrons. The summed E-state index contributed by atoms with van der Waals surface area (Å²) in [4.78, 5) is 24.9. The molecule has 0 bridgehead atoms. The Labute approximate surface area is 106 Å². The van der Waals surface area contributed by atoms with Gasteiger partial charge in [-0.15, -0.1) is 0 Å². The number of aryl methyl sites for hydroxylation is 1. The van der Waals surface area contributed by atoms with Crippen molar-refractivity contribution in [2.75, 3.05) is 6.61 Å². The van der Waals surface area contributed by atoms with Crippen molar-refractivity contribution >= 4 is 0 Å². The average molecular weight is 275 g/mol. The number of aliphatic hydroxyl groups excluding tert-OH is 1. The molecule has 1 aromatic rings. The van der Waals surface area contributed by atoms with E-state index in [1.165, 1.54) is 13.1 Å². The lowest BCUT2D eigenvalue weighted by atomic mass is 10.1. The second-order valence-electron chi connectivity index (χ2n) is 4.33. The molecule has 0 spiro atoms. The zero-order valence-electron chi connectivity index (χ0n) is 10.0. The van der Waals surface area contributed by atoms with Crippen LogP contribution in [-0.4, -0.2) is 44.8 Å². The first-order valence-electron chi connectivity index (χ1n) is 5.61. The number of aromatic amines is 1. The maximum absolute atomic E-state index is 14.1. The van der Waals surface area contributed by atoms with Gasteiger partial charge in [-0.3, -0.25) is 14.3 Å². The van der Waals surface area contributed by atoms with Gasteiger partial charge in [0.05, 0.1) is 12.6 Å². The lowest BCUT2D eigenvalue weighted by Gasteiger charge is -2.16. The first-order chi connectivity index (χ1) is 8.99. The van der Waals surface area contributed by atoms with Crippen LogP contribution in [0.5, 0.6) is 0 Å². The SMILES string of the molecule is Cc1cn(C2O[C@H](CO)C(NO)C2F)c(=O)[nH]c1=O. The minimum Gasteiger partial charge on any atom is -0.394 e. The molecule has 9 heteroatoms. The number of rotatable bonds is 3. The lowest BCUT2D eigenvalue weighted by Crippen LogP contribution is -2.43. The molecular formula is C10H14FN3O5. The van der Waals surface area contributed by atoms with E-state index >= 15 is 0 Å². The second-order valence-corrected chi connectivity index (χ2v) is 4.33. The van der Waals surface area contributed by atoms with Gasteiger partial charge < -0.3 is 15.1 Å². The highest BCUT2D eigenvalue weighted by Crippen LogP contribution is 2.30. The summed E-state index contributed by atoms with van der Waals surface area (Å²) in [5.41, 5.74) is 0.546. The van der Waals surface area contributed by atoms with Crippen LogP contribution in [0.25, 0.3) is 0 Å². The van der Waals surface area contributed by atoms with Gasteiger partial charge in [-0.25, -0.2) is 9.18 Å². The van der Waals surface area contributed by atoms with E-state index in [9.17, 15) is 14.0 Å². The fourth-order valence-corrected chi connectivity index (χ4v) is 2.03. The number of hydrogen-bond donors (Lipinski definition) is 4. The Morgan fingerprint density at radius 3 is 2.79 bits per heavy atom. The summed E-state index contributed by atoms with van der Waals surface area (Å²) in [7, 11) is 0. The van der Waals surface area contributed by atoms with Gasteiger partial charge in [-0.2, -0.15) is 5.48 Å². The monoisotopic (exact) mass is 275 g/mol. The van der Waals surface area contributed by atoms with Crippen LogP contribution in [0.4, 0.5) is 4.39 Å². The largest absolute Gasteiger partial charge is 0.394 e. The number of H-pyrrole nitrogens is 1. The molecule has 2 heterocycles. The van der Waals surface area contributed by atoms with Crippen LogP contribution in [0.15, 0.2) is 15.8 Å². The van der Waals surface area contributed by atoms with Gasteiger partial charge >= 0.3 is 5.69 Å². The van der Waals surface area contributed by atoms with Gasteiger partial charge in [-0.1, -0.05) is 0 Å². The van der Waals surface area contributed by atoms with Crippen molar-refractivity contribution in [3.63, 3.8) is 0 Å². The van der Waals surface area contributed by atoms with E-state index in [2.05, 4.69) is 0 Å². The van der Waals surface area contributed by atoms with Crippen molar-refractivity contribution in [2.45, 2.75) is 31.5 Å². The third-order valence-corrected chi connectivity index (χ3v) is 3.08. The number of halogens is 1. The normalized spacial score (nSPS) is 30.7. The van der Waals surface area contributed by atoms with E-state index < -0.39 is 42.4 Å². The standard InChI is InChI=1S/C10H14FN3O5/c1-4-2-14(10(17)12-8(4)16)9-6(11)7(13-18)5(3-15)19-9/h2,5-7,9,13,15,18H,3H2,1H3,(H,12,16,17)/t5-,6?,7?,9?/m1/s1. The van der Waals surface area contributed by atoms with Crippen LogP contribution in [0.2, 0.25) is 0 Å². The number of hydroxylamine groups is 1. The Balaban J connectivity index is 2.41. The molecule has 19 heavy (non-hydrogen) atoms. The van der Waals surface area contributed by atoms with Crippen molar-refractivity contribution in [3.05, 3.63) is 32.6 Å². The molecule has 4 N–H and O–H groups in total. The van der Waals surface area contributed by atoms with E-state index in [0.29, 0.717) is 0 Å². The highest BCUT2D eigenvalue weighted by atomic mass is 19.1. The molecule has 3 unspecified atom stereocenters. The Morgan fingerprint density at radius 1 is 1.58 bits per heavy atom. The maximum atomic E-state index is 14.1. The third kappa shape index (κ3) is 2.32. The van der Waals surface area contributed by atoms with Crippen molar-refractivity contribution < 1.29 is 19.4 Å². The second kappa shape index (κ2) is 5.21. The van der Waals surface area contributed by atoms with Crippen LogP contribution in [-0.2, 0) is 4.74 Å². The quantitative estimate of drug-likeness (QED) is 0.495. The number of ether oxygens (including phenoxy) is 1. The number of nitrogens with one attached hydrogen (secondary N) is 2. The van der Waals surface area contributed by atoms with Crippen LogP contribution in [0.1, 0.15) is 11.8 Å². The van der Waals surface area contributed by atoms with Gasteiger partial charge in [0.15, 0.2) is 12.4 Å². The molecule has 0 saturated carbocycles. The van der Waals surface area contributed by atoms with E-state index in [-0.39, 0.29) is 5.56 Å². The predicted molar refractivity (Wildman–Crippen MR) is 60.7 cm³/mol. The van der Waals surface area contributed by atoms with E-state index in [4.69, 9.17) is 15.1 Å². The molecule has 1 aromatic heterocycles. The van der Waals surface area contributed by atoms with Crippen molar-refractivity contribution in [1.82, 2.24) is 15.0 Å². The molecule has 4 atom stereocenters. The summed E-state index contributed by atoms with van der Waals surface area (Å²) in [6.45, 7) is 0.939. The lowest BCUT2D eigenvalue weighted by molar-refractivity contribution is -0.0447. The Kier molecular flexibility index (Phi) is 3.80. The number of nitrogens with zero attached hydrogens (tertiary/aromatic N) is 1. The van der Waals surface area contributed by atoms with Crippen LogP contribution in [0, 0.1) is 6.92 Å². The highest BCUT2D eigenvalue weighted by molar-refractivity contribution is 5.03. The van der Waals surface area contributed by atoms with Gasteiger partial charge in [-0.05, 0) is 6.92 Å². The molecule has 1 aliphatic rings. The predicted octanol–water partition coefficient (Wildman–Crippen LogP) is -1.58. The molecule has 2 rings (SSSR count). The molecule has 1 aliphatic heterocycles. The first-order valence-corrected chi connectivity index (χ1v) is 5.61. The van der Waals surface area contributed by atoms with Gasteiger partial charge in [0, 0.05) is 11.8 Å². The van der Waals surface area contributed by atoms with Crippen LogP contribution >= 0.6 is 0 Å². The van der Waals surface area contributed by atoms with Gasteiger partial charge in [0.2, 0.25) is 0 Å². The summed E-state index contributed by atoms with van der Waals surface area (Å²) in [6.07, 6.45) is -2.91. The number of aliphatic hydroxyl groups is 1. The summed E-state index contributed by atoms with van der Waals surface area (Å²) in [5.74, 6) is 0. The Bertz CT molecular complexity index is 571. The molecule has 1 fully saturated rings. The zero-order chi connectivity index (χ0) is 14.2. The van der Waals surface area contributed by atoms with E-state index in [0.717, 1.165) is 4.57 Å². The highest BCUT2D eigenvalue weighted by Gasteiger charge is 2.46. The first kappa shape index (κ1) is 13.9. The number of aromatic nitrogens is 2. The Hall–Kier alpha value is -1.55. The molecule has 0 aliphatic carbocycles. The van der Waals surface area contributed by atoms with Crippen LogP contribution in [0.3, 0.4) is 0 Å².